The quantitative estimate of drug-likeness (QED) is 0.157. The van der Waals surface area contributed by atoms with Gasteiger partial charge in [0, 0.05) is 47.9 Å². The normalized spacial score (nSPS) is 11.7. The van der Waals surface area contributed by atoms with E-state index in [1.165, 1.54) is 52.8 Å². The Kier molecular flexibility index (Phi) is 7.75. The summed E-state index contributed by atoms with van der Waals surface area (Å²) in [7, 11) is 0. The molecule has 0 aliphatic carbocycles. The molecule has 2 aromatic heterocycles. The van der Waals surface area contributed by atoms with Crippen molar-refractivity contribution in [3.8, 4) is 33.4 Å². The van der Waals surface area contributed by atoms with Gasteiger partial charge in [0.2, 0.25) is 0 Å². The van der Waals surface area contributed by atoms with Gasteiger partial charge in [-0.1, -0.05) is 152 Å². The molecule has 12 aromatic rings. The molecule has 0 unspecified atom stereocenters. The number of fused-ring (bicyclic) bond motifs is 9. The molecular weight excluding hydrogens is 735 g/mol. The van der Waals surface area contributed by atoms with E-state index in [9.17, 15) is 0 Å². The fourth-order valence-corrected chi connectivity index (χ4v) is 10.2. The summed E-state index contributed by atoms with van der Waals surface area (Å²) in [6.07, 6.45) is 0. The topological polar surface area (TPSA) is 16.4 Å². The Morgan fingerprint density at radius 1 is 0.322 bits per heavy atom. The van der Waals surface area contributed by atoms with E-state index >= 15 is 0 Å². The number of nitrogens with zero attached hydrogens (tertiary/aromatic N) is 1. The van der Waals surface area contributed by atoms with E-state index in [2.05, 4.69) is 205 Å². The van der Waals surface area contributed by atoms with Crippen molar-refractivity contribution in [2.45, 2.75) is 0 Å². The largest absolute Gasteiger partial charge is 0.456 e. The Hall–Kier alpha value is -7.46. The van der Waals surface area contributed by atoms with Crippen LogP contribution in [0.1, 0.15) is 0 Å². The molecule has 12 rings (SSSR count). The van der Waals surface area contributed by atoms with E-state index in [1.807, 2.05) is 23.5 Å². The molecule has 0 atom stereocenters. The summed E-state index contributed by atoms with van der Waals surface area (Å²) in [5.74, 6) is 0. The van der Waals surface area contributed by atoms with Gasteiger partial charge in [-0.05, 0) is 110 Å². The molecule has 2 nitrogen and oxygen atoms in total. The molecule has 0 N–H and O–H groups in total. The van der Waals surface area contributed by atoms with E-state index in [-0.39, 0.29) is 0 Å². The lowest BCUT2D eigenvalue weighted by molar-refractivity contribution is 0.669. The average molecular weight is 770 g/mol. The van der Waals surface area contributed by atoms with Crippen LogP contribution in [0, 0.1) is 0 Å². The molecular formula is C56H35NOS. The Morgan fingerprint density at radius 2 is 0.966 bits per heavy atom. The Labute approximate surface area is 345 Å². The van der Waals surface area contributed by atoms with Crippen LogP contribution < -0.4 is 4.90 Å². The SMILES string of the molecule is c1ccc(-c2ccc(-c3cc4ccccc4c4ccccc34)cc2N(c2cccc(-c3ccc4c(c3)oc3ccccc34)c2)c2ccc3c(c2)sc2ccccc23)cc1. The minimum Gasteiger partial charge on any atom is -0.456 e. The van der Waals surface area contributed by atoms with E-state index in [0.717, 1.165) is 61.3 Å². The fraction of sp³-hybridized carbons (Fsp3) is 0. The van der Waals surface area contributed by atoms with Gasteiger partial charge in [-0.2, -0.15) is 0 Å². The third-order valence-corrected chi connectivity index (χ3v) is 13.0. The van der Waals surface area contributed by atoms with Crippen LogP contribution in [0.15, 0.2) is 217 Å². The number of hydrogen-bond acceptors (Lipinski definition) is 3. The second-order valence-electron chi connectivity index (χ2n) is 15.3. The summed E-state index contributed by atoms with van der Waals surface area (Å²) in [6.45, 7) is 0. The van der Waals surface area contributed by atoms with Crippen LogP contribution in [0.3, 0.4) is 0 Å². The number of hydrogen-bond donors (Lipinski definition) is 0. The van der Waals surface area contributed by atoms with E-state index in [0.29, 0.717) is 0 Å². The van der Waals surface area contributed by atoms with E-state index in [4.69, 9.17) is 4.42 Å². The zero-order valence-corrected chi connectivity index (χ0v) is 32.8. The smallest absolute Gasteiger partial charge is 0.136 e. The monoisotopic (exact) mass is 769 g/mol. The van der Waals surface area contributed by atoms with Crippen LogP contribution >= 0.6 is 11.3 Å². The number of benzene rings is 10. The molecule has 0 saturated heterocycles. The minimum absolute atomic E-state index is 0.892. The summed E-state index contributed by atoms with van der Waals surface area (Å²) in [5.41, 5.74) is 12.0. The number of thiophene rings is 1. The highest BCUT2D eigenvalue weighted by molar-refractivity contribution is 7.25. The van der Waals surface area contributed by atoms with Gasteiger partial charge in [0.15, 0.2) is 0 Å². The van der Waals surface area contributed by atoms with Gasteiger partial charge >= 0.3 is 0 Å². The summed E-state index contributed by atoms with van der Waals surface area (Å²) < 4.78 is 8.92. The van der Waals surface area contributed by atoms with Crippen LogP contribution in [0.25, 0.3) is 97.0 Å². The van der Waals surface area contributed by atoms with Crippen molar-refractivity contribution in [3.63, 3.8) is 0 Å². The molecule has 0 radical (unpaired) electrons. The Morgan fingerprint density at radius 3 is 1.86 bits per heavy atom. The van der Waals surface area contributed by atoms with Crippen molar-refractivity contribution in [3.05, 3.63) is 212 Å². The van der Waals surface area contributed by atoms with Gasteiger partial charge in [-0.3, -0.25) is 0 Å². The van der Waals surface area contributed by atoms with Crippen LogP contribution in [-0.2, 0) is 0 Å². The molecule has 59 heavy (non-hydrogen) atoms. The lowest BCUT2D eigenvalue weighted by atomic mass is 9.91. The number of anilines is 3. The zero-order chi connectivity index (χ0) is 38.9. The first-order valence-corrected chi connectivity index (χ1v) is 20.9. The molecule has 276 valence electrons. The summed E-state index contributed by atoms with van der Waals surface area (Å²) >= 11 is 1.85. The molecule has 0 saturated carbocycles. The van der Waals surface area contributed by atoms with Crippen LogP contribution in [0.4, 0.5) is 17.1 Å². The second-order valence-corrected chi connectivity index (χ2v) is 16.3. The number of furan rings is 1. The predicted octanol–water partition coefficient (Wildman–Crippen LogP) is 16.7. The van der Waals surface area contributed by atoms with E-state index < -0.39 is 0 Å². The lowest BCUT2D eigenvalue weighted by Crippen LogP contribution is -2.11. The molecule has 0 spiro atoms. The lowest BCUT2D eigenvalue weighted by Gasteiger charge is -2.29. The third-order valence-electron chi connectivity index (χ3n) is 11.8. The van der Waals surface area contributed by atoms with Gasteiger partial charge < -0.3 is 9.32 Å². The third kappa shape index (κ3) is 5.62. The van der Waals surface area contributed by atoms with Crippen molar-refractivity contribution in [1.29, 1.82) is 0 Å². The molecule has 2 heterocycles. The van der Waals surface area contributed by atoms with Gasteiger partial charge in [-0.25, -0.2) is 0 Å². The maximum Gasteiger partial charge on any atom is 0.136 e. The van der Waals surface area contributed by atoms with Gasteiger partial charge in [0.1, 0.15) is 11.2 Å². The van der Waals surface area contributed by atoms with Gasteiger partial charge in [-0.15, -0.1) is 11.3 Å². The zero-order valence-electron chi connectivity index (χ0n) is 32.0. The molecule has 0 aliphatic heterocycles. The maximum atomic E-state index is 6.36. The van der Waals surface area contributed by atoms with Crippen LogP contribution in [0.5, 0.6) is 0 Å². The Bertz CT molecular complexity index is 3580. The summed E-state index contributed by atoms with van der Waals surface area (Å²) in [4.78, 5) is 2.46. The average Bonchev–Trinajstić information content (AvgIpc) is 3.87. The number of para-hydroxylation sites is 1. The highest BCUT2D eigenvalue weighted by Gasteiger charge is 2.21. The first kappa shape index (κ1) is 33.7. The maximum absolute atomic E-state index is 6.36. The summed E-state index contributed by atoms with van der Waals surface area (Å²) in [6, 6.07) is 77.2. The molecule has 0 aliphatic rings. The molecule has 0 fully saturated rings. The second kappa shape index (κ2) is 13.6. The first-order chi connectivity index (χ1) is 29.2. The van der Waals surface area contributed by atoms with Gasteiger partial charge in [0.25, 0.3) is 0 Å². The minimum atomic E-state index is 0.892. The first-order valence-electron chi connectivity index (χ1n) is 20.1. The summed E-state index contributed by atoms with van der Waals surface area (Å²) in [5, 5.41) is 9.84. The van der Waals surface area contributed by atoms with Crippen molar-refractivity contribution in [2.24, 2.45) is 0 Å². The van der Waals surface area contributed by atoms with Crippen molar-refractivity contribution in [1.82, 2.24) is 0 Å². The van der Waals surface area contributed by atoms with Crippen LogP contribution in [0.2, 0.25) is 0 Å². The Balaban J connectivity index is 1.11. The molecule has 0 bridgehead atoms. The highest BCUT2D eigenvalue weighted by Crippen LogP contribution is 2.47. The standard InChI is InChI=1S/C56H35NOS/c1-2-13-36(14-3-1)44-28-26-40(51-32-39-15-4-5-18-43(39)45-19-6-7-20-46(45)51)33-52(44)57(42-27-30-50-49-22-9-11-24-55(49)59-56(50)35-42)41-17-12-16-37(31-41)38-25-29-48-47-21-8-10-23-53(47)58-54(48)34-38/h1-35H. The molecule has 0 amide bonds. The highest BCUT2D eigenvalue weighted by atomic mass is 32.1. The van der Waals surface area contributed by atoms with Crippen LogP contribution in [-0.4, -0.2) is 0 Å². The van der Waals surface area contributed by atoms with Crippen molar-refractivity contribution >= 4 is 92.1 Å². The molecule has 3 heteroatoms. The van der Waals surface area contributed by atoms with Crippen molar-refractivity contribution in [2.75, 3.05) is 4.90 Å². The predicted molar refractivity (Wildman–Crippen MR) is 253 cm³/mol. The van der Waals surface area contributed by atoms with Crippen molar-refractivity contribution < 1.29 is 4.42 Å². The fourth-order valence-electron chi connectivity index (χ4n) is 9.05. The van der Waals surface area contributed by atoms with E-state index in [1.54, 1.807) is 0 Å². The molecule has 10 aromatic carbocycles. The number of rotatable bonds is 6. The van der Waals surface area contributed by atoms with Gasteiger partial charge in [0.05, 0.1) is 5.69 Å².